The third-order valence-electron chi connectivity index (χ3n) is 3.62. The lowest BCUT2D eigenvalue weighted by molar-refractivity contribution is 0.473. The summed E-state index contributed by atoms with van der Waals surface area (Å²) in [6.07, 6.45) is 3.50. The van der Waals surface area contributed by atoms with Crippen molar-refractivity contribution in [1.82, 2.24) is 5.32 Å². The fourth-order valence-corrected chi connectivity index (χ4v) is 4.07. The maximum atomic E-state index is 3.59. The fourth-order valence-electron chi connectivity index (χ4n) is 2.50. The monoisotopic (exact) mass is 365 g/mol. The van der Waals surface area contributed by atoms with Crippen LogP contribution in [0.25, 0.3) is 0 Å². The van der Waals surface area contributed by atoms with Crippen molar-refractivity contribution in [3.05, 3.63) is 56.2 Å². The van der Waals surface area contributed by atoms with Gasteiger partial charge >= 0.3 is 0 Å². The second-order valence-electron chi connectivity index (χ2n) is 5.70. The van der Waals surface area contributed by atoms with Gasteiger partial charge in [0.15, 0.2) is 0 Å². The number of benzene rings is 1. The van der Waals surface area contributed by atoms with Gasteiger partial charge in [-0.15, -0.1) is 11.3 Å². The zero-order valence-electron chi connectivity index (χ0n) is 12.9. The van der Waals surface area contributed by atoms with Gasteiger partial charge in [0, 0.05) is 14.7 Å². The molecule has 2 rings (SSSR count). The summed E-state index contributed by atoms with van der Waals surface area (Å²) in [5.41, 5.74) is 2.78. The van der Waals surface area contributed by atoms with Crippen LogP contribution in [0.2, 0.25) is 0 Å². The summed E-state index contributed by atoms with van der Waals surface area (Å²) in [7, 11) is 0. The van der Waals surface area contributed by atoms with Crippen LogP contribution < -0.4 is 5.32 Å². The molecule has 0 bridgehead atoms. The Bertz CT molecular complexity index is 532. The lowest BCUT2D eigenvalue weighted by Gasteiger charge is -2.17. The summed E-state index contributed by atoms with van der Waals surface area (Å²) in [5, 5.41) is 5.77. The van der Waals surface area contributed by atoms with E-state index in [0.717, 1.165) is 25.9 Å². The minimum absolute atomic E-state index is 0.657. The highest BCUT2D eigenvalue weighted by Gasteiger charge is 2.12. The summed E-state index contributed by atoms with van der Waals surface area (Å²) in [5.74, 6) is 0.657. The Morgan fingerprint density at radius 1 is 1.19 bits per heavy atom. The van der Waals surface area contributed by atoms with Crippen LogP contribution >= 0.6 is 27.3 Å². The standard InChI is InChI=1S/C18H24BrNS/c1-3-8-20-12-16(10-18-11-17(19)13-21-18)9-15-6-4-14(2)5-7-15/h4-7,11,13,16,20H,3,8-10,12H2,1-2H3. The Kier molecular flexibility index (Phi) is 6.94. The maximum Gasteiger partial charge on any atom is 0.0285 e. The lowest BCUT2D eigenvalue weighted by Crippen LogP contribution is -2.26. The summed E-state index contributed by atoms with van der Waals surface area (Å²) < 4.78 is 1.21. The second kappa shape index (κ2) is 8.72. The number of hydrogen-bond donors (Lipinski definition) is 1. The van der Waals surface area contributed by atoms with Crippen LogP contribution in [0, 0.1) is 12.8 Å². The zero-order valence-corrected chi connectivity index (χ0v) is 15.3. The minimum Gasteiger partial charge on any atom is -0.316 e. The van der Waals surface area contributed by atoms with Gasteiger partial charge in [0.2, 0.25) is 0 Å². The van der Waals surface area contributed by atoms with E-state index >= 15 is 0 Å². The average molecular weight is 366 g/mol. The molecule has 1 N–H and O–H groups in total. The van der Waals surface area contributed by atoms with Crippen molar-refractivity contribution < 1.29 is 0 Å². The van der Waals surface area contributed by atoms with E-state index in [1.807, 2.05) is 11.3 Å². The third kappa shape index (κ3) is 5.93. The molecule has 1 unspecified atom stereocenters. The zero-order chi connectivity index (χ0) is 15.1. The lowest BCUT2D eigenvalue weighted by atomic mass is 9.95. The maximum absolute atomic E-state index is 3.59. The Labute approximate surface area is 140 Å². The van der Waals surface area contributed by atoms with Crippen LogP contribution in [0.15, 0.2) is 40.2 Å². The molecule has 0 radical (unpaired) electrons. The number of aryl methyl sites for hydroxylation is 1. The Balaban J connectivity index is 1.98. The van der Waals surface area contributed by atoms with Gasteiger partial charge in [-0.05, 0) is 72.8 Å². The van der Waals surface area contributed by atoms with Crippen molar-refractivity contribution in [2.75, 3.05) is 13.1 Å². The van der Waals surface area contributed by atoms with Crippen molar-refractivity contribution in [3.63, 3.8) is 0 Å². The first-order valence-electron chi connectivity index (χ1n) is 7.66. The third-order valence-corrected chi connectivity index (χ3v) is 5.34. The van der Waals surface area contributed by atoms with Crippen molar-refractivity contribution in [2.24, 2.45) is 5.92 Å². The Morgan fingerprint density at radius 3 is 2.57 bits per heavy atom. The van der Waals surface area contributed by atoms with E-state index in [4.69, 9.17) is 0 Å². The molecule has 114 valence electrons. The van der Waals surface area contributed by atoms with Gasteiger partial charge in [0.25, 0.3) is 0 Å². The van der Waals surface area contributed by atoms with Gasteiger partial charge in [-0.25, -0.2) is 0 Å². The van der Waals surface area contributed by atoms with E-state index in [9.17, 15) is 0 Å². The predicted octanol–water partition coefficient (Wildman–Crippen LogP) is 5.22. The highest BCUT2D eigenvalue weighted by atomic mass is 79.9. The normalized spacial score (nSPS) is 12.5. The number of rotatable bonds is 8. The van der Waals surface area contributed by atoms with Gasteiger partial charge in [-0.2, -0.15) is 0 Å². The van der Waals surface area contributed by atoms with E-state index in [-0.39, 0.29) is 0 Å². The second-order valence-corrected chi connectivity index (χ2v) is 7.61. The van der Waals surface area contributed by atoms with E-state index in [2.05, 4.69) is 70.8 Å². The molecule has 1 aromatic carbocycles. The van der Waals surface area contributed by atoms with Crippen LogP contribution in [0.5, 0.6) is 0 Å². The quantitative estimate of drug-likeness (QED) is 0.632. The largest absolute Gasteiger partial charge is 0.316 e. The molecule has 1 aromatic heterocycles. The summed E-state index contributed by atoms with van der Waals surface area (Å²) >= 11 is 5.41. The van der Waals surface area contributed by atoms with Crippen molar-refractivity contribution in [1.29, 1.82) is 0 Å². The van der Waals surface area contributed by atoms with Gasteiger partial charge < -0.3 is 5.32 Å². The minimum atomic E-state index is 0.657. The average Bonchev–Trinajstić information content (AvgIpc) is 2.87. The molecule has 0 spiro atoms. The number of nitrogens with one attached hydrogen (secondary N) is 1. The molecule has 1 heterocycles. The van der Waals surface area contributed by atoms with Crippen molar-refractivity contribution in [3.8, 4) is 0 Å². The molecule has 2 aromatic rings. The molecule has 0 saturated carbocycles. The topological polar surface area (TPSA) is 12.0 Å². The molecule has 0 saturated heterocycles. The van der Waals surface area contributed by atoms with Gasteiger partial charge in [0.05, 0.1) is 0 Å². The Hall–Kier alpha value is -0.640. The summed E-state index contributed by atoms with van der Waals surface area (Å²) in [4.78, 5) is 1.47. The van der Waals surface area contributed by atoms with Crippen LogP contribution in [-0.4, -0.2) is 13.1 Å². The molecule has 1 atom stereocenters. The number of halogens is 1. The number of hydrogen-bond acceptors (Lipinski definition) is 2. The van der Waals surface area contributed by atoms with Gasteiger partial charge in [-0.1, -0.05) is 36.8 Å². The molecule has 0 aliphatic heterocycles. The van der Waals surface area contributed by atoms with Crippen LogP contribution in [0.1, 0.15) is 29.3 Å². The highest BCUT2D eigenvalue weighted by Crippen LogP contribution is 2.24. The van der Waals surface area contributed by atoms with Gasteiger partial charge in [-0.3, -0.25) is 0 Å². The predicted molar refractivity (Wildman–Crippen MR) is 97.3 cm³/mol. The van der Waals surface area contributed by atoms with E-state index in [1.165, 1.54) is 26.9 Å². The summed E-state index contributed by atoms with van der Waals surface area (Å²) in [6.45, 7) is 6.57. The molecule has 1 nitrogen and oxygen atoms in total. The molecule has 0 fully saturated rings. The van der Waals surface area contributed by atoms with Crippen LogP contribution in [0.3, 0.4) is 0 Å². The molecular formula is C18H24BrNS. The summed E-state index contributed by atoms with van der Waals surface area (Å²) in [6, 6.07) is 11.2. The van der Waals surface area contributed by atoms with Crippen molar-refractivity contribution in [2.45, 2.75) is 33.1 Å². The van der Waals surface area contributed by atoms with Crippen molar-refractivity contribution >= 4 is 27.3 Å². The molecule has 0 amide bonds. The molecular weight excluding hydrogens is 342 g/mol. The van der Waals surface area contributed by atoms with Gasteiger partial charge in [0.1, 0.15) is 0 Å². The van der Waals surface area contributed by atoms with Crippen LogP contribution in [-0.2, 0) is 12.8 Å². The Morgan fingerprint density at radius 2 is 1.95 bits per heavy atom. The smallest absolute Gasteiger partial charge is 0.0285 e. The van der Waals surface area contributed by atoms with E-state index in [0.29, 0.717) is 5.92 Å². The molecule has 0 aliphatic rings. The van der Waals surface area contributed by atoms with E-state index < -0.39 is 0 Å². The highest BCUT2D eigenvalue weighted by molar-refractivity contribution is 9.10. The van der Waals surface area contributed by atoms with E-state index in [1.54, 1.807) is 0 Å². The first-order chi connectivity index (χ1) is 10.2. The molecule has 21 heavy (non-hydrogen) atoms. The molecule has 3 heteroatoms. The number of thiophene rings is 1. The first-order valence-corrected chi connectivity index (χ1v) is 9.33. The molecule has 0 aliphatic carbocycles. The van der Waals surface area contributed by atoms with Crippen LogP contribution in [0.4, 0.5) is 0 Å². The fraction of sp³-hybridized carbons (Fsp3) is 0.444. The SMILES string of the molecule is CCCNCC(Cc1ccc(C)cc1)Cc1cc(Br)cs1. The first kappa shape index (κ1) is 16.7.